The molecule has 1 amide bonds. The second-order valence-corrected chi connectivity index (χ2v) is 26.5. The Kier molecular flexibility index (Phi) is 59.0. The van der Waals surface area contributed by atoms with Gasteiger partial charge in [-0.15, -0.1) is 0 Å². The molecule has 0 saturated carbocycles. The van der Waals surface area contributed by atoms with Gasteiger partial charge < -0.3 is 28.5 Å². The molecule has 0 aliphatic carbocycles. The summed E-state index contributed by atoms with van der Waals surface area (Å²) in [6, 6.07) is -0.883. The van der Waals surface area contributed by atoms with E-state index in [1.165, 1.54) is 250 Å². The number of ether oxygens (including phenoxy) is 1. The van der Waals surface area contributed by atoms with Gasteiger partial charge in [0.1, 0.15) is 19.3 Å². The Morgan fingerprint density at radius 3 is 1.15 bits per heavy atom. The number of carbonyl (C=O) groups is 2. The lowest BCUT2D eigenvalue weighted by Crippen LogP contribution is -2.47. The lowest BCUT2D eigenvalue weighted by atomic mass is 10.0. The summed E-state index contributed by atoms with van der Waals surface area (Å²) < 4.78 is 30.4. The molecule has 80 heavy (non-hydrogen) atoms. The number of unbranched alkanes of at least 4 members (excludes halogenated alkanes) is 44. The van der Waals surface area contributed by atoms with Crippen molar-refractivity contribution in [1.82, 2.24) is 5.32 Å². The molecule has 3 atom stereocenters. The maximum atomic E-state index is 13.5. The number of hydrogen-bond acceptors (Lipinski definition) is 7. The smallest absolute Gasteiger partial charge is 0.306 e. The summed E-state index contributed by atoms with van der Waals surface area (Å²) in [6.45, 7) is 6.87. The van der Waals surface area contributed by atoms with Crippen LogP contribution in [0.4, 0.5) is 0 Å². The molecule has 0 spiro atoms. The van der Waals surface area contributed by atoms with E-state index in [1.807, 2.05) is 33.3 Å². The third kappa shape index (κ3) is 60.8. The molecule has 0 saturated heterocycles. The maximum Gasteiger partial charge on any atom is 0.306 e. The second kappa shape index (κ2) is 60.4. The van der Waals surface area contributed by atoms with E-state index in [1.54, 1.807) is 0 Å². The van der Waals surface area contributed by atoms with E-state index in [4.69, 9.17) is 13.8 Å². The predicted octanol–water partition coefficient (Wildman–Crippen LogP) is 21.2. The Hall–Kier alpha value is -1.77. The average molecular weight is 1150 g/mol. The lowest BCUT2D eigenvalue weighted by molar-refractivity contribution is -0.870. The van der Waals surface area contributed by atoms with Gasteiger partial charge in [-0.2, -0.15) is 0 Å². The second-order valence-electron chi connectivity index (χ2n) is 25.0. The van der Waals surface area contributed by atoms with Gasteiger partial charge in [-0.3, -0.25) is 14.2 Å². The molecule has 0 aromatic rings. The zero-order chi connectivity index (χ0) is 58.6. The first-order valence-electron chi connectivity index (χ1n) is 34.8. The number of esters is 1. The molecule has 0 aromatic carbocycles. The van der Waals surface area contributed by atoms with Crippen molar-refractivity contribution in [3.63, 3.8) is 0 Å². The van der Waals surface area contributed by atoms with Gasteiger partial charge in [-0.05, 0) is 63.9 Å². The van der Waals surface area contributed by atoms with E-state index >= 15 is 0 Å². The number of phosphoric acid groups is 1. The first-order chi connectivity index (χ1) is 38.9. The summed E-state index contributed by atoms with van der Waals surface area (Å²) in [5.74, 6) is -0.521. The fourth-order valence-corrected chi connectivity index (χ4v) is 11.2. The quantitative estimate of drug-likeness (QED) is 0.0212. The average Bonchev–Trinajstić information content (AvgIpc) is 3.43. The van der Waals surface area contributed by atoms with Gasteiger partial charge in [0.2, 0.25) is 5.91 Å². The number of nitrogens with one attached hydrogen (secondary N) is 1. The van der Waals surface area contributed by atoms with Crippen molar-refractivity contribution in [3.05, 3.63) is 36.5 Å². The molecule has 0 radical (unpaired) electrons. The van der Waals surface area contributed by atoms with Gasteiger partial charge in [-0.25, -0.2) is 0 Å². The highest BCUT2D eigenvalue weighted by Crippen LogP contribution is 2.38. The van der Waals surface area contributed by atoms with Gasteiger partial charge in [-0.1, -0.05) is 308 Å². The highest BCUT2D eigenvalue weighted by molar-refractivity contribution is 7.45. The fourth-order valence-electron chi connectivity index (χ4n) is 10.4. The lowest BCUT2D eigenvalue weighted by Gasteiger charge is -2.30. The molecule has 1 N–H and O–H groups in total. The van der Waals surface area contributed by atoms with Crippen molar-refractivity contribution >= 4 is 19.7 Å². The Labute approximate surface area is 497 Å². The molecule has 0 bridgehead atoms. The third-order valence-electron chi connectivity index (χ3n) is 15.8. The molecule has 9 nitrogen and oxygen atoms in total. The van der Waals surface area contributed by atoms with Crippen LogP contribution in [0, 0.1) is 0 Å². The van der Waals surface area contributed by atoms with Crippen molar-refractivity contribution in [2.75, 3.05) is 40.9 Å². The normalized spacial score (nSPS) is 13.7. The van der Waals surface area contributed by atoms with E-state index in [9.17, 15) is 19.0 Å². The molecule has 0 fully saturated rings. The standard InChI is InChI=1S/C70H135N2O7P/c1-7-10-13-16-19-22-25-28-30-31-32-33-34-35-36-37-38-39-40-41-43-45-48-51-54-57-60-63-70(74)79-68(61-58-55-52-49-46-27-24-21-18-15-12-9-3)67(66-78-80(75,76)77-65-64-72(4,5)6)71-69(73)62-59-56-53-50-47-44-42-29-26-23-20-17-14-11-8-2/h19,22,28,30,58,61,67-68H,7-18,20-21,23-27,29,31-57,59-60,62-66H2,1-6H3,(H-,71,73,75,76)/b22-19-,30-28-,61-58-. The van der Waals surface area contributed by atoms with Crippen LogP contribution in [-0.4, -0.2) is 69.4 Å². The third-order valence-corrected chi connectivity index (χ3v) is 16.8. The summed E-state index contributed by atoms with van der Waals surface area (Å²) in [6.07, 6.45) is 74.1. The van der Waals surface area contributed by atoms with Gasteiger partial charge in [0, 0.05) is 12.8 Å². The van der Waals surface area contributed by atoms with Crippen LogP contribution >= 0.6 is 7.82 Å². The fraction of sp³-hybridized carbons (Fsp3) is 0.886. The minimum atomic E-state index is -4.70. The summed E-state index contributed by atoms with van der Waals surface area (Å²) in [7, 11) is 1.20. The molecule has 472 valence electrons. The Bertz CT molecular complexity index is 1460. The molecule has 10 heteroatoms. The van der Waals surface area contributed by atoms with E-state index in [-0.39, 0.29) is 31.5 Å². The van der Waals surface area contributed by atoms with Crippen molar-refractivity contribution in [2.24, 2.45) is 0 Å². The summed E-state index contributed by atoms with van der Waals surface area (Å²) in [5.41, 5.74) is 0. The number of rotatable bonds is 64. The molecule has 0 aromatic heterocycles. The van der Waals surface area contributed by atoms with Crippen LogP contribution in [-0.2, 0) is 27.9 Å². The Balaban J connectivity index is 4.97. The SMILES string of the molecule is CCCCC/C=C\C/C=C\CCCCCCCCCCCCCCCCCCCC(=O)OC(/C=C\CCCCCCCCCCCC)C(COP(=O)([O-])OCC[N+](C)(C)C)NC(=O)CCCCCCCCCCCCCCCCC. The zero-order valence-electron chi connectivity index (χ0n) is 54.1. The molecule has 3 unspecified atom stereocenters. The van der Waals surface area contributed by atoms with Crippen LogP contribution < -0.4 is 10.2 Å². The van der Waals surface area contributed by atoms with Gasteiger partial charge in [0.05, 0.1) is 33.8 Å². The van der Waals surface area contributed by atoms with E-state index < -0.39 is 20.0 Å². The topological polar surface area (TPSA) is 114 Å². The van der Waals surface area contributed by atoms with Gasteiger partial charge in [0.15, 0.2) is 0 Å². The molecule has 0 aliphatic rings. The van der Waals surface area contributed by atoms with Gasteiger partial charge >= 0.3 is 5.97 Å². The van der Waals surface area contributed by atoms with Crippen LogP contribution in [0.1, 0.15) is 348 Å². The van der Waals surface area contributed by atoms with Crippen LogP contribution in [0.15, 0.2) is 36.5 Å². The van der Waals surface area contributed by atoms with Crippen LogP contribution in [0.25, 0.3) is 0 Å². The van der Waals surface area contributed by atoms with Crippen LogP contribution in [0.2, 0.25) is 0 Å². The number of quaternary nitrogens is 1. The molecule has 0 aliphatic heterocycles. The number of likely N-dealkylation sites (N-methyl/N-ethyl adjacent to an activating group) is 1. The summed E-state index contributed by atoms with van der Waals surface area (Å²) >= 11 is 0. The molecular weight excluding hydrogens is 1010 g/mol. The number of amides is 1. The highest BCUT2D eigenvalue weighted by Gasteiger charge is 2.27. The number of carbonyl (C=O) groups excluding carboxylic acids is 2. The summed E-state index contributed by atoms with van der Waals surface area (Å²) in [4.78, 5) is 40.1. The predicted molar refractivity (Wildman–Crippen MR) is 344 cm³/mol. The van der Waals surface area contributed by atoms with Crippen molar-refractivity contribution in [1.29, 1.82) is 0 Å². The van der Waals surface area contributed by atoms with Crippen LogP contribution in [0.3, 0.4) is 0 Å². The number of nitrogens with zero attached hydrogens (tertiary/aromatic N) is 1. The number of hydrogen-bond donors (Lipinski definition) is 1. The van der Waals surface area contributed by atoms with E-state index in [0.29, 0.717) is 17.4 Å². The van der Waals surface area contributed by atoms with Crippen LogP contribution in [0.5, 0.6) is 0 Å². The summed E-state index contributed by atoms with van der Waals surface area (Å²) in [5, 5.41) is 3.04. The first-order valence-corrected chi connectivity index (χ1v) is 36.3. The molecule has 0 rings (SSSR count). The number of phosphoric ester groups is 1. The monoisotopic (exact) mass is 1150 g/mol. The van der Waals surface area contributed by atoms with E-state index in [2.05, 4.69) is 50.4 Å². The highest BCUT2D eigenvalue weighted by atomic mass is 31.2. The number of allylic oxidation sites excluding steroid dienone is 5. The molecule has 0 heterocycles. The minimum absolute atomic E-state index is 0.0186. The molecular formula is C70H135N2O7P. The Morgan fingerprint density at radius 1 is 0.438 bits per heavy atom. The van der Waals surface area contributed by atoms with Crippen molar-refractivity contribution in [2.45, 2.75) is 360 Å². The largest absolute Gasteiger partial charge is 0.756 e. The van der Waals surface area contributed by atoms with Gasteiger partial charge in [0.25, 0.3) is 7.82 Å². The first kappa shape index (κ1) is 78.2. The van der Waals surface area contributed by atoms with Crippen molar-refractivity contribution < 1.29 is 37.3 Å². The zero-order valence-corrected chi connectivity index (χ0v) is 54.9. The maximum absolute atomic E-state index is 13.5. The Morgan fingerprint density at radius 2 is 0.762 bits per heavy atom. The minimum Gasteiger partial charge on any atom is -0.756 e. The van der Waals surface area contributed by atoms with E-state index in [0.717, 1.165) is 64.2 Å². The van der Waals surface area contributed by atoms with Crippen molar-refractivity contribution in [3.8, 4) is 0 Å².